The molecule has 1 amide bonds. The summed E-state index contributed by atoms with van der Waals surface area (Å²) in [4.78, 5) is 30.5. The van der Waals surface area contributed by atoms with E-state index in [1.54, 1.807) is 55.6 Å². The topological polar surface area (TPSA) is 81.4 Å². The van der Waals surface area contributed by atoms with Gasteiger partial charge in [0.1, 0.15) is 5.69 Å². The largest absolute Gasteiger partial charge is 0.432 e. The highest BCUT2D eigenvalue weighted by molar-refractivity contribution is 6.19. The zero-order valence-corrected chi connectivity index (χ0v) is 16.6. The van der Waals surface area contributed by atoms with Crippen LogP contribution in [-0.2, 0) is 11.3 Å². The van der Waals surface area contributed by atoms with E-state index < -0.39 is 0 Å². The van der Waals surface area contributed by atoms with Crippen molar-refractivity contribution >= 4 is 28.5 Å². The van der Waals surface area contributed by atoms with Gasteiger partial charge in [-0.3, -0.25) is 9.59 Å². The number of fused-ring (bicyclic) bond motifs is 1. The minimum atomic E-state index is -0.343. The Morgan fingerprint density at radius 3 is 2.27 bits per heavy atom. The van der Waals surface area contributed by atoms with Crippen molar-refractivity contribution < 1.29 is 18.7 Å². The van der Waals surface area contributed by atoms with Crippen molar-refractivity contribution in [3.8, 4) is 0 Å². The molecule has 2 heterocycles. The summed E-state index contributed by atoms with van der Waals surface area (Å²) >= 11 is 0. The number of hydrogen-bond acceptors (Lipinski definition) is 5. The van der Waals surface area contributed by atoms with Crippen LogP contribution >= 0.6 is 0 Å². The molecule has 0 aliphatic carbocycles. The van der Waals surface area contributed by atoms with Gasteiger partial charge in [0.15, 0.2) is 0 Å². The van der Waals surface area contributed by atoms with E-state index in [-0.39, 0.29) is 29.8 Å². The summed E-state index contributed by atoms with van der Waals surface area (Å²) in [6.45, 7) is 2.12. The first kappa shape index (κ1) is 19.5. The maximum absolute atomic E-state index is 13.2. The number of aromatic nitrogens is 1. The minimum absolute atomic E-state index is 0.0379. The fraction of sp³-hybridized carbons (Fsp3) is 0.125. The van der Waals surface area contributed by atoms with Gasteiger partial charge >= 0.3 is 0 Å². The van der Waals surface area contributed by atoms with Crippen LogP contribution in [0.3, 0.4) is 0 Å². The van der Waals surface area contributed by atoms with Crippen molar-refractivity contribution in [2.45, 2.75) is 13.5 Å². The molecule has 0 unspecified atom stereocenters. The minimum Gasteiger partial charge on any atom is -0.432 e. The van der Waals surface area contributed by atoms with Gasteiger partial charge in [0, 0.05) is 23.9 Å². The fourth-order valence-corrected chi connectivity index (χ4v) is 3.36. The number of furan rings is 1. The van der Waals surface area contributed by atoms with E-state index in [1.807, 2.05) is 25.1 Å². The van der Waals surface area contributed by atoms with E-state index in [0.29, 0.717) is 22.2 Å². The van der Waals surface area contributed by atoms with Crippen molar-refractivity contribution in [1.82, 2.24) is 4.98 Å². The molecule has 0 aliphatic rings. The molecule has 0 atom stereocenters. The van der Waals surface area contributed by atoms with Gasteiger partial charge in [-0.15, -0.1) is 0 Å². The molecule has 0 saturated heterocycles. The van der Waals surface area contributed by atoms with Gasteiger partial charge in [0.05, 0.1) is 12.0 Å². The number of carbonyl (C=O) groups excluding carboxylic acids is 2. The number of carbonyl (C=O) groups is 2. The number of benzene rings is 2. The first-order valence-electron chi connectivity index (χ1n) is 9.46. The Labute approximate surface area is 173 Å². The van der Waals surface area contributed by atoms with Crippen LogP contribution in [0.25, 0.3) is 11.1 Å². The number of hydrogen-bond donors (Lipinski definition) is 1. The zero-order valence-electron chi connectivity index (χ0n) is 16.6. The predicted octanol–water partition coefficient (Wildman–Crippen LogP) is 4.77. The first-order chi connectivity index (χ1) is 14.6. The van der Waals surface area contributed by atoms with Gasteiger partial charge < -0.3 is 14.5 Å². The summed E-state index contributed by atoms with van der Waals surface area (Å²) in [6, 6.07) is 19.4. The lowest BCUT2D eigenvalue weighted by Crippen LogP contribution is -2.14. The average Bonchev–Trinajstić information content (AvgIpc) is 3.12. The van der Waals surface area contributed by atoms with Gasteiger partial charge in [-0.1, -0.05) is 48.5 Å². The molecule has 0 spiro atoms. The fourth-order valence-electron chi connectivity index (χ4n) is 3.36. The molecule has 30 heavy (non-hydrogen) atoms. The van der Waals surface area contributed by atoms with E-state index in [1.165, 1.54) is 0 Å². The van der Waals surface area contributed by atoms with Crippen molar-refractivity contribution in [2.75, 3.05) is 12.4 Å². The van der Waals surface area contributed by atoms with Crippen molar-refractivity contribution in [3.05, 3.63) is 94.9 Å². The van der Waals surface area contributed by atoms with Crippen LogP contribution in [0.1, 0.15) is 37.7 Å². The monoisotopic (exact) mass is 400 g/mol. The summed E-state index contributed by atoms with van der Waals surface area (Å²) in [5.41, 5.74) is 3.01. The first-order valence-corrected chi connectivity index (χ1v) is 9.46. The molecule has 2 aromatic carbocycles. The second-order valence-electron chi connectivity index (χ2n) is 6.86. The number of anilines is 1. The van der Waals surface area contributed by atoms with Gasteiger partial charge in [-0.2, -0.15) is 0 Å². The zero-order chi connectivity index (χ0) is 21.1. The smallest absolute Gasteiger partial charge is 0.255 e. The highest BCUT2D eigenvalue weighted by Crippen LogP contribution is 2.35. The van der Waals surface area contributed by atoms with Crippen LogP contribution in [0.4, 0.5) is 5.69 Å². The SMILES string of the molecule is COCc1cc(C)nc2oc(C(=O)c3ccccc3)c(NC(=O)c3ccccc3)c12. The third kappa shape index (κ3) is 3.73. The molecular weight excluding hydrogens is 380 g/mol. The standard InChI is InChI=1S/C24H20N2O4/c1-15-13-18(14-29-2)19-20(26-23(28)17-11-7-4-8-12-17)22(30-24(19)25-15)21(27)16-9-5-3-6-10-16/h3-13H,14H2,1-2H3,(H,26,28). The maximum Gasteiger partial charge on any atom is 0.255 e. The molecule has 0 fully saturated rings. The van der Waals surface area contributed by atoms with Crippen LogP contribution in [0, 0.1) is 6.92 Å². The summed E-state index contributed by atoms with van der Waals surface area (Å²) in [7, 11) is 1.58. The predicted molar refractivity (Wildman–Crippen MR) is 114 cm³/mol. The summed E-state index contributed by atoms with van der Waals surface area (Å²) < 4.78 is 11.2. The number of rotatable bonds is 6. The quantitative estimate of drug-likeness (QED) is 0.472. The lowest BCUT2D eigenvalue weighted by atomic mass is 10.1. The Bertz CT molecular complexity index is 1210. The maximum atomic E-state index is 13.2. The van der Waals surface area contributed by atoms with Crippen LogP contribution in [0.2, 0.25) is 0 Å². The molecule has 150 valence electrons. The Morgan fingerprint density at radius 2 is 1.63 bits per heavy atom. The van der Waals surface area contributed by atoms with E-state index in [9.17, 15) is 9.59 Å². The highest BCUT2D eigenvalue weighted by Gasteiger charge is 2.26. The molecule has 4 rings (SSSR count). The molecule has 0 aliphatic heterocycles. The Balaban J connectivity index is 1.89. The second-order valence-corrected chi connectivity index (χ2v) is 6.86. The van der Waals surface area contributed by atoms with Crippen LogP contribution < -0.4 is 5.32 Å². The molecule has 1 N–H and O–H groups in total. The van der Waals surface area contributed by atoms with Crippen molar-refractivity contribution in [2.24, 2.45) is 0 Å². The Kier molecular flexibility index (Phi) is 5.41. The van der Waals surface area contributed by atoms with Gasteiger partial charge in [0.25, 0.3) is 5.91 Å². The lowest BCUT2D eigenvalue weighted by molar-refractivity contribution is 0.101. The van der Waals surface area contributed by atoms with Crippen LogP contribution in [0.15, 0.2) is 71.1 Å². The van der Waals surface area contributed by atoms with Crippen LogP contribution in [-0.4, -0.2) is 23.8 Å². The molecule has 6 nitrogen and oxygen atoms in total. The normalized spacial score (nSPS) is 10.9. The number of pyridine rings is 1. The number of ether oxygens (including phenoxy) is 1. The third-order valence-corrected chi connectivity index (χ3v) is 4.69. The van der Waals surface area contributed by atoms with Gasteiger partial charge in [0.2, 0.25) is 17.3 Å². The number of methoxy groups -OCH3 is 1. The lowest BCUT2D eigenvalue weighted by Gasteiger charge is -2.08. The Hall–Kier alpha value is -3.77. The molecule has 4 aromatic rings. The van der Waals surface area contributed by atoms with Crippen molar-refractivity contribution in [1.29, 1.82) is 0 Å². The number of aryl methyl sites for hydroxylation is 1. The van der Waals surface area contributed by atoms with E-state index in [0.717, 1.165) is 11.3 Å². The average molecular weight is 400 g/mol. The molecule has 0 radical (unpaired) electrons. The van der Waals surface area contributed by atoms with E-state index in [2.05, 4.69) is 10.3 Å². The summed E-state index contributed by atoms with van der Waals surface area (Å²) in [6.07, 6.45) is 0. The summed E-state index contributed by atoms with van der Waals surface area (Å²) in [5, 5.41) is 3.43. The van der Waals surface area contributed by atoms with Crippen molar-refractivity contribution in [3.63, 3.8) is 0 Å². The third-order valence-electron chi connectivity index (χ3n) is 4.69. The molecular formula is C24H20N2O4. The number of nitrogens with one attached hydrogen (secondary N) is 1. The number of ketones is 1. The molecule has 2 aromatic heterocycles. The number of nitrogens with zero attached hydrogens (tertiary/aromatic N) is 1. The summed E-state index contributed by atoms with van der Waals surface area (Å²) in [5.74, 6) is -0.640. The van der Waals surface area contributed by atoms with E-state index >= 15 is 0 Å². The second kappa shape index (κ2) is 8.31. The van der Waals surface area contributed by atoms with E-state index in [4.69, 9.17) is 9.15 Å². The molecule has 0 saturated carbocycles. The highest BCUT2D eigenvalue weighted by atomic mass is 16.5. The molecule has 0 bridgehead atoms. The number of amides is 1. The molecule has 6 heteroatoms. The van der Waals surface area contributed by atoms with Crippen LogP contribution in [0.5, 0.6) is 0 Å². The van der Waals surface area contributed by atoms with Gasteiger partial charge in [-0.05, 0) is 30.7 Å². The van der Waals surface area contributed by atoms with Gasteiger partial charge in [-0.25, -0.2) is 4.98 Å². The Morgan fingerprint density at radius 1 is 1.00 bits per heavy atom.